The van der Waals surface area contributed by atoms with E-state index in [1.807, 2.05) is 0 Å². The molecule has 0 radical (unpaired) electrons. The van der Waals surface area contributed by atoms with Gasteiger partial charge in [-0.1, -0.05) is 42.5 Å². The molecule has 0 bridgehead atoms. The summed E-state index contributed by atoms with van der Waals surface area (Å²) >= 11 is 0. The molecule has 3 nitrogen and oxygen atoms in total. The summed E-state index contributed by atoms with van der Waals surface area (Å²) in [7, 11) is -1.59. The third-order valence-corrected chi connectivity index (χ3v) is 3.10. The summed E-state index contributed by atoms with van der Waals surface area (Å²) < 4.78 is 33.1. The number of rotatable bonds is 5. The number of hydrogen-bond donors (Lipinski definition) is 2. The largest absolute Gasteiger partial charge is 0.488 e. The predicted molar refractivity (Wildman–Crippen MR) is 76.8 cm³/mol. The first-order valence-corrected chi connectivity index (χ1v) is 6.43. The second-order valence-corrected chi connectivity index (χ2v) is 4.76. The number of halogens is 2. The van der Waals surface area contributed by atoms with E-state index in [2.05, 4.69) is 0 Å². The van der Waals surface area contributed by atoms with Crippen molar-refractivity contribution in [2.24, 2.45) is 0 Å². The lowest BCUT2D eigenvalue weighted by molar-refractivity contribution is -0.0468. The van der Waals surface area contributed by atoms with Crippen LogP contribution in [0.5, 0.6) is 5.75 Å². The molecule has 0 aliphatic carbocycles. The van der Waals surface area contributed by atoms with Crippen molar-refractivity contribution in [1.29, 1.82) is 0 Å². The van der Waals surface area contributed by atoms with Gasteiger partial charge in [0.05, 0.1) is 0 Å². The van der Waals surface area contributed by atoms with Crippen molar-refractivity contribution in [3.63, 3.8) is 0 Å². The first-order valence-electron chi connectivity index (χ1n) is 6.43. The molecule has 2 N–H and O–H groups in total. The minimum absolute atomic E-state index is 0.106. The number of ether oxygens (including phenoxy) is 1. The zero-order valence-corrected chi connectivity index (χ0v) is 11.5. The van der Waals surface area contributed by atoms with Crippen LogP contribution in [0.4, 0.5) is 8.78 Å². The molecule has 0 spiro atoms. The fourth-order valence-corrected chi connectivity index (χ4v) is 1.93. The number of aryl methyl sites for hydroxylation is 1. The molecule has 0 aliphatic rings. The Labute approximate surface area is 122 Å². The molecule has 0 heterocycles. The predicted octanol–water partition coefficient (Wildman–Crippen LogP) is 1.85. The summed E-state index contributed by atoms with van der Waals surface area (Å²) in [6.07, 6.45) is 0. The van der Waals surface area contributed by atoms with Gasteiger partial charge in [0.2, 0.25) is 0 Å². The first kappa shape index (κ1) is 15.5. The molecule has 0 saturated carbocycles. The monoisotopic (exact) mass is 292 g/mol. The molecule has 0 saturated heterocycles. The fraction of sp³-hybridized carbons (Fsp3) is 0.200. The molecule has 0 atom stereocenters. The highest BCUT2D eigenvalue weighted by Gasteiger charge is 2.32. The van der Waals surface area contributed by atoms with Crippen LogP contribution in [0.2, 0.25) is 0 Å². The SMILES string of the molecule is Cc1cc(B(O)O)ccc1OCC(F)(F)c1ccccc1. The van der Waals surface area contributed by atoms with E-state index in [-0.39, 0.29) is 16.8 Å². The Morgan fingerprint density at radius 2 is 1.76 bits per heavy atom. The minimum Gasteiger partial charge on any atom is -0.487 e. The van der Waals surface area contributed by atoms with Gasteiger partial charge in [-0.3, -0.25) is 0 Å². The van der Waals surface area contributed by atoms with E-state index in [4.69, 9.17) is 14.8 Å². The fourth-order valence-electron chi connectivity index (χ4n) is 1.93. The van der Waals surface area contributed by atoms with Crippen molar-refractivity contribution in [2.75, 3.05) is 6.61 Å². The van der Waals surface area contributed by atoms with Gasteiger partial charge in [-0.15, -0.1) is 0 Å². The van der Waals surface area contributed by atoms with Crippen LogP contribution in [0.1, 0.15) is 11.1 Å². The van der Waals surface area contributed by atoms with Gasteiger partial charge in [0.25, 0.3) is 0 Å². The Morgan fingerprint density at radius 1 is 1.10 bits per heavy atom. The van der Waals surface area contributed by atoms with Gasteiger partial charge in [0.15, 0.2) is 6.61 Å². The maximum atomic E-state index is 14.0. The molecule has 0 aromatic heterocycles. The van der Waals surface area contributed by atoms with Crippen LogP contribution in [-0.2, 0) is 5.92 Å². The van der Waals surface area contributed by atoms with E-state index in [0.29, 0.717) is 5.56 Å². The molecule has 0 amide bonds. The molecule has 0 unspecified atom stereocenters. The maximum Gasteiger partial charge on any atom is 0.488 e. The summed E-state index contributed by atoms with van der Waals surface area (Å²) in [5, 5.41) is 18.1. The lowest BCUT2D eigenvalue weighted by atomic mass is 9.79. The first-order chi connectivity index (χ1) is 9.90. The van der Waals surface area contributed by atoms with E-state index in [1.54, 1.807) is 25.1 Å². The Morgan fingerprint density at radius 3 is 2.33 bits per heavy atom. The number of benzene rings is 2. The quantitative estimate of drug-likeness (QED) is 0.827. The van der Waals surface area contributed by atoms with Crippen molar-refractivity contribution in [3.05, 3.63) is 59.7 Å². The average Bonchev–Trinajstić information content (AvgIpc) is 2.46. The Balaban J connectivity index is 2.09. The van der Waals surface area contributed by atoms with Gasteiger partial charge >= 0.3 is 13.0 Å². The van der Waals surface area contributed by atoms with E-state index >= 15 is 0 Å². The van der Waals surface area contributed by atoms with Crippen LogP contribution >= 0.6 is 0 Å². The molecule has 21 heavy (non-hydrogen) atoms. The van der Waals surface area contributed by atoms with E-state index in [1.165, 1.54) is 30.3 Å². The molecule has 6 heteroatoms. The van der Waals surface area contributed by atoms with Gasteiger partial charge in [-0.25, -0.2) is 0 Å². The maximum absolute atomic E-state index is 14.0. The third-order valence-electron chi connectivity index (χ3n) is 3.10. The highest BCUT2D eigenvalue weighted by molar-refractivity contribution is 6.58. The molecule has 2 aromatic carbocycles. The highest BCUT2D eigenvalue weighted by Crippen LogP contribution is 2.29. The van der Waals surface area contributed by atoms with E-state index in [9.17, 15) is 8.78 Å². The van der Waals surface area contributed by atoms with Crippen LogP contribution in [0.3, 0.4) is 0 Å². The highest BCUT2D eigenvalue weighted by atomic mass is 19.3. The summed E-state index contributed by atoms with van der Waals surface area (Å²) in [4.78, 5) is 0. The summed E-state index contributed by atoms with van der Waals surface area (Å²) in [5.41, 5.74) is 0.740. The van der Waals surface area contributed by atoms with Crippen molar-refractivity contribution >= 4 is 12.6 Å². The van der Waals surface area contributed by atoms with Gasteiger partial charge < -0.3 is 14.8 Å². The summed E-state index contributed by atoms with van der Waals surface area (Å²) in [6, 6.07) is 11.8. The third kappa shape index (κ3) is 3.80. The van der Waals surface area contributed by atoms with Crippen molar-refractivity contribution in [1.82, 2.24) is 0 Å². The summed E-state index contributed by atoms with van der Waals surface area (Å²) in [6.45, 7) is 0.876. The van der Waals surface area contributed by atoms with Gasteiger partial charge in [0.1, 0.15) is 5.75 Å². The molecule has 0 aliphatic heterocycles. The van der Waals surface area contributed by atoms with E-state index in [0.717, 1.165) is 0 Å². The second-order valence-electron chi connectivity index (χ2n) is 4.76. The minimum atomic E-state index is -3.09. The van der Waals surface area contributed by atoms with Crippen LogP contribution in [0, 0.1) is 6.92 Å². The Bertz CT molecular complexity index is 603. The molecule has 2 aromatic rings. The Kier molecular flexibility index (Phi) is 4.60. The normalized spacial score (nSPS) is 11.3. The number of alkyl halides is 2. The van der Waals surface area contributed by atoms with Gasteiger partial charge in [-0.05, 0) is 24.0 Å². The standard InChI is InChI=1S/C15H15BF2O3/c1-11-9-13(16(19)20)7-8-14(11)21-10-15(17,18)12-5-3-2-4-6-12/h2-9,19-20H,10H2,1H3. The average molecular weight is 292 g/mol. The van der Waals surface area contributed by atoms with Gasteiger partial charge in [0, 0.05) is 5.56 Å². The molecular weight excluding hydrogens is 277 g/mol. The lowest BCUT2D eigenvalue weighted by Crippen LogP contribution is -2.30. The summed E-state index contributed by atoms with van der Waals surface area (Å²) in [5.74, 6) is -2.81. The molecular formula is C15H15BF2O3. The van der Waals surface area contributed by atoms with Crippen molar-refractivity contribution < 1.29 is 23.6 Å². The topological polar surface area (TPSA) is 49.7 Å². The molecule has 2 rings (SSSR count). The van der Waals surface area contributed by atoms with Crippen LogP contribution in [0.15, 0.2) is 48.5 Å². The van der Waals surface area contributed by atoms with Crippen molar-refractivity contribution in [3.8, 4) is 5.75 Å². The van der Waals surface area contributed by atoms with E-state index < -0.39 is 19.6 Å². The zero-order valence-electron chi connectivity index (χ0n) is 11.5. The van der Waals surface area contributed by atoms with Crippen LogP contribution in [0.25, 0.3) is 0 Å². The zero-order chi connectivity index (χ0) is 15.5. The smallest absolute Gasteiger partial charge is 0.487 e. The van der Waals surface area contributed by atoms with Crippen molar-refractivity contribution in [2.45, 2.75) is 12.8 Å². The molecule has 0 fully saturated rings. The van der Waals surface area contributed by atoms with Crippen LogP contribution < -0.4 is 10.2 Å². The Hall–Kier alpha value is -1.92. The number of hydrogen-bond acceptors (Lipinski definition) is 3. The van der Waals surface area contributed by atoms with Gasteiger partial charge in [-0.2, -0.15) is 8.78 Å². The second kappa shape index (κ2) is 6.24. The lowest BCUT2D eigenvalue weighted by Gasteiger charge is -2.18. The van der Waals surface area contributed by atoms with Crippen LogP contribution in [-0.4, -0.2) is 23.8 Å². The molecule has 110 valence electrons.